The van der Waals surface area contributed by atoms with E-state index in [1.54, 1.807) is 13.3 Å². The summed E-state index contributed by atoms with van der Waals surface area (Å²) in [5, 5.41) is 8.15. The highest BCUT2D eigenvalue weighted by Gasteiger charge is 2.38. The number of benzene rings is 1. The van der Waals surface area contributed by atoms with E-state index in [0.717, 1.165) is 23.4 Å². The van der Waals surface area contributed by atoms with Crippen molar-refractivity contribution < 1.29 is 14.3 Å². The molecule has 0 radical (unpaired) electrons. The first-order chi connectivity index (χ1) is 11.7. The molecule has 7 heteroatoms. The fourth-order valence-electron chi connectivity index (χ4n) is 3.60. The molecule has 24 heavy (non-hydrogen) atoms. The second-order valence-electron chi connectivity index (χ2n) is 6.26. The molecular formula is C17H20N4O3. The highest BCUT2D eigenvalue weighted by Crippen LogP contribution is 2.31. The van der Waals surface area contributed by atoms with Crippen molar-refractivity contribution in [3.8, 4) is 5.75 Å². The summed E-state index contributed by atoms with van der Waals surface area (Å²) in [5.41, 5.74) is 2.51. The monoisotopic (exact) mass is 328 g/mol. The Kier molecular flexibility index (Phi) is 3.72. The summed E-state index contributed by atoms with van der Waals surface area (Å²) in [6.45, 7) is 3.71. The number of hydrogen-bond acceptors (Lipinski definition) is 5. The summed E-state index contributed by atoms with van der Waals surface area (Å²) in [4.78, 5) is 14.9. The van der Waals surface area contributed by atoms with E-state index >= 15 is 0 Å². The minimum absolute atomic E-state index is 0.0251. The van der Waals surface area contributed by atoms with E-state index in [1.165, 1.54) is 0 Å². The molecule has 0 spiro atoms. The van der Waals surface area contributed by atoms with Gasteiger partial charge in [-0.2, -0.15) is 0 Å². The van der Waals surface area contributed by atoms with Crippen molar-refractivity contribution in [1.29, 1.82) is 0 Å². The molecule has 0 bridgehead atoms. The highest BCUT2D eigenvalue weighted by atomic mass is 16.5. The Morgan fingerprint density at radius 2 is 2.29 bits per heavy atom. The molecule has 0 unspecified atom stereocenters. The van der Waals surface area contributed by atoms with Gasteiger partial charge in [-0.25, -0.2) is 4.68 Å². The van der Waals surface area contributed by atoms with Crippen molar-refractivity contribution in [3.63, 3.8) is 0 Å². The number of amides is 1. The van der Waals surface area contributed by atoms with E-state index in [0.29, 0.717) is 25.3 Å². The summed E-state index contributed by atoms with van der Waals surface area (Å²) in [5.74, 6) is 0.757. The van der Waals surface area contributed by atoms with E-state index in [1.807, 2.05) is 34.7 Å². The number of methoxy groups -OCH3 is 1. The van der Waals surface area contributed by atoms with E-state index in [-0.39, 0.29) is 18.1 Å². The SMILES string of the molecule is COc1cccc(C(=O)N2CC[C@H]3OCc4cnnn4[C@H]3C2)c1C. The number of carbonyl (C=O) groups excluding carboxylic acids is 1. The maximum absolute atomic E-state index is 13.0. The van der Waals surface area contributed by atoms with Crippen molar-refractivity contribution in [2.75, 3.05) is 20.2 Å². The number of hydrogen-bond donors (Lipinski definition) is 0. The standard InChI is InChI=1S/C17H20N4O3/c1-11-13(4-3-5-15(11)23-2)17(22)20-7-6-16-14(9-20)21-12(10-24-16)8-18-19-21/h3-5,8,14,16H,6-7,9-10H2,1-2H3/t14-,16+/m0/s1. The molecule has 0 saturated carbocycles. The normalized spacial score (nSPS) is 22.7. The molecule has 3 heterocycles. The van der Waals surface area contributed by atoms with E-state index in [9.17, 15) is 4.79 Å². The molecule has 126 valence electrons. The van der Waals surface area contributed by atoms with Gasteiger partial charge in [0.15, 0.2) is 0 Å². The maximum Gasteiger partial charge on any atom is 0.254 e. The molecule has 4 rings (SSSR count). The van der Waals surface area contributed by atoms with Gasteiger partial charge in [-0.3, -0.25) is 4.79 Å². The van der Waals surface area contributed by atoms with Crippen LogP contribution in [0.1, 0.15) is 34.1 Å². The predicted molar refractivity (Wildman–Crippen MR) is 85.9 cm³/mol. The summed E-state index contributed by atoms with van der Waals surface area (Å²) in [6.07, 6.45) is 2.62. The fourth-order valence-corrected chi connectivity index (χ4v) is 3.60. The Morgan fingerprint density at radius 3 is 3.12 bits per heavy atom. The molecule has 2 aliphatic heterocycles. The van der Waals surface area contributed by atoms with Crippen molar-refractivity contribution in [2.24, 2.45) is 0 Å². The van der Waals surface area contributed by atoms with Crippen LogP contribution in [-0.2, 0) is 11.3 Å². The molecule has 1 aromatic carbocycles. The molecule has 1 amide bonds. The first-order valence-electron chi connectivity index (χ1n) is 8.12. The Balaban J connectivity index is 1.60. The number of fused-ring (bicyclic) bond motifs is 3. The van der Waals surface area contributed by atoms with Crippen LogP contribution in [0.3, 0.4) is 0 Å². The Hall–Kier alpha value is -2.41. The lowest BCUT2D eigenvalue weighted by molar-refractivity contribution is -0.0605. The van der Waals surface area contributed by atoms with Gasteiger partial charge in [0, 0.05) is 24.2 Å². The molecule has 2 atom stereocenters. The third kappa shape index (κ3) is 2.36. The van der Waals surface area contributed by atoms with Gasteiger partial charge in [0.2, 0.25) is 0 Å². The van der Waals surface area contributed by atoms with Crippen LogP contribution in [0.15, 0.2) is 24.4 Å². The lowest BCUT2D eigenvalue weighted by Gasteiger charge is -2.41. The van der Waals surface area contributed by atoms with Gasteiger partial charge in [0.05, 0.1) is 37.8 Å². The number of ether oxygens (including phenoxy) is 2. The molecule has 1 saturated heterocycles. The van der Waals surface area contributed by atoms with Crippen LogP contribution in [0.5, 0.6) is 5.75 Å². The number of carbonyl (C=O) groups is 1. The first kappa shape index (κ1) is 15.1. The van der Waals surface area contributed by atoms with Crippen LogP contribution in [0.25, 0.3) is 0 Å². The fraction of sp³-hybridized carbons (Fsp3) is 0.471. The molecule has 0 aliphatic carbocycles. The van der Waals surface area contributed by atoms with Crippen LogP contribution in [-0.4, -0.2) is 52.1 Å². The number of aromatic nitrogens is 3. The van der Waals surface area contributed by atoms with E-state index in [2.05, 4.69) is 10.3 Å². The molecular weight excluding hydrogens is 308 g/mol. The first-order valence-corrected chi connectivity index (χ1v) is 8.12. The van der Waals surface area contributed by atoms with Crippen LogP contribution in [0.2, 0.25) is 0 Å². The smallest absolute Gasteiger partial charge is 0.254 e. The Morgan fingerprint density at radius 1 is 1.42 bits per heavy atom. The van der Waals surface area contributed by atoms with Crippen LogP contribution in [0, 0.1) is 6.92 Å². The van der Waals surface area contributed by atoms with E-state index in [4.69, 9.17) is 9.47 Å². The molecule has 2 aliphatic rings. The number of rotatable bonds is 2. The Bertz CT molecular complexity index is 773. The van der Waals surface area contributed by atoms with Gasteiger partial charge < -0.3 is 14.4 Å². The van der Waals surface area contributed by atoms with Crippen LogP contribution < -0.4 is 4.74 Å². The van der Waals surface area contributed by atoms with Crippen molar-refractivity contribution in [1.82, 2.24) is 19.9 Å². The number of likely N-dealkylation sites (tertiary alicyclic amines) is 1. The highest BCUT2D eigenvalue weighted by molar-refractivity contribution is 5.96. The minimum atomic E-state index is 0.0251. The molecule has 2 aromatic rings. The van der Waals surface area contributed by atoms with Crippen LogP contribution >= 0.6 is 0 Å². The number of nitrogens with zero attached hydrogens (tertiary/aromatic N) is 4. The average Bonchev–Trinajstić information content (AvgIpc) is 3.10. The Labute approximate surface area is 140 Å². The molecule has 7 nitrogen and oxygen atoms in total. The van der Waals surface area contributed by atoms with E-state index < -0.39 is 0 Å². The van der Waals surface area contributed by atoms with Gasteiger partial charge in [-0.05, 0) is 25.5 Å². The largest absolute Gasteiger partial charge is 0.496 e. The van der Waals surface area contributed by atoms with Gasteiger partial charge in [-0.15, -0.1) is 5.10 Å². The zero-order valence-electron chi connectivity index (χ0n) is 13.8. The predicted octanol–water partition coefficient (Wildman–Crippen LogP) is 1.58. The average molecular weight is 328 g/mol. The van der Waals surface area contributed by atoms with Gasteiger partial charge >= 0.3 is 0 Å². The maximum atomic E-state index is 13.0. The van der Waals surface area contributed by atoms with Crippen molar-refractivity contribution >= 4 is 5.91 Å². The van der Waals surface area contributed by atoms with Gasteiger partial charge in [0.25, 0.3) is 5.91 Å². The summed E-state index contributed by atoms with van der Waals surface area (Å²) in [7, 11) is 1.62. The van der Waals surface area contributed by atoms with Gasteiger partial charge in [0.1, 0.15) is 5.75 Å². The molecule has 1 aromatic heterocycles. The third-order valence-corrected chi connectivity index (χ3v) is 4.95. The summed E-state index contributed by atoms with van der Waals surface area (Å²) < 4.78 is 13.1. The van der Waals surface area contributed by atoms with Crippen molar-refractivity contribution in [3.05, 3.63) is 41.2 Å². The second kappa shape index (κ2) is 5.90. The van der Waals surface area contributed by atoms with Gasteiger partial charge in [-0.1, -0.05) is 11.3 Å². The lowest BCUT2D eigenvalue weighted by atomic mass is 9.98. The number of piperidine rings is 1. The second-order valence-corrected chi connectivity index (χ2v) is 6.26. The molecule has 1 fully saturated rings. The summed E-state index contributed by atoms with van der Waals surface area (Å²) >= 11 is 0. The van der Waals surface area contributed by atoms with Crippen LogP contribution in [0.4, 0.5) is 0 Å². The lowest BCUT2D eigenvalue weighted by Crippen LogP contribution is -2.50. The minimum Gasteiger partial charge on any atom is -0.496 e. The van der Waals surface area contributed by atoms with Crippen molar-refractivity contribution in [2.45, 2.75) is 32.1 Å². The quantitative estimate of drug-likeness (QED) is 0.837. The zero-order valence-corrected chi connectivity index (χ0v) is 13.8. The third-order valence-electron chi connectivity index (χ3n) is 4.95. The topological polar surface area (TPSA) is 69.5 Å². The zero-order chi connectivity index (χ0) is 16.7. The summed E-state index contributed by atoms with van der Waals surface area (Å²) in [6, 6.07) is 5.60. The molecule has 0 N–H and O–H groups in total.